The van der Waals surface area contributed by atoms with Gasteiger partial charge in [0.1, 0.15) is 6.33 Å². The van der Waals surface area contributed by atoms with Crippen molar-refractivity contribution in [2.75, 3.05) is 11.1 Å². The normalized spacial score (nSPS) is 15.2. The van der Waals surface area contributed by atoms with Gasteiger partial charge in [-0.25, -0.2) is 4.98 Å². The van der Waals surface area contributed by atoms with E-state index in [9.17, 15) is 9.59 Å². The number of Topliss-reactive ketones (excluding diaryl/α,β-unsaturated/α-hetero) is 1. The summed E-state index contributed by atoms with van der Waals surface area (Å²) in [5, 5.41) is 12.1. The van der Waals surface area contributed by atoms with Gasteiger partial charge in [0, 0.05) is 12.1 Å². The number of carbonyl (C=O) groups is 2. The fourth-order valence-electron chi connectivity index (χ4n) is 3.58. The number of amides is 1. The molecule has 2 heterocycles. The van der Waals surface area contributed by atoms with Gasteiger partial charge in [-0.05, 0) is 35.4 Å². The van der Waals surface area contributed by atoms with Gasteiger partial charge in [-0.1, -0.05) is 62.9 Å². The summed E-state index contributed by atoms with van der Waals surface area (Å²) >= 11 is 2.57. The average molecular weight is 456 g/mol. The molecule has 1 aliphatic rings. The first-order valence-electron chi connectivity index (χ1n) is 10.2. The summed E-state index contributed by atoms with van der Waals surface area (Å²) in [5.41, 5.74) is 2.91. The number of thioether (sulfide) groups is 1. The third-order valence-electron chi connectivity index (χ3n) is 5.17. The third kappa shape index (κ3) is 4.88. The van der Waals surface area contributed by atoms with Crippen LogP contribution in [0.1, 0.15) is 61.0 Å². The average Bonchev–Trinajstić information content (AvgIpc) is 3.32. The Labute approximate surface area is 189 Å². The SMILES string of the molecule is CC(C)c1ccc(-n2cnnc2SCC(=O)Nc2nc3c(s2)C(=O)CC(C)(C)C3)cc1. The molecule has 0 radical (unpaired) electrons. The van der Waals surface area contributed by atoms with Gasteiger partial charge in [-0.3, -0.25) is 14.2 Å². The fourth-order valence-corrected chi connectivity index (χ4v) is 5.24. The van der Waals surface area contributed by atoms with Gasteiger partial charge >= 0.3 is 0 Å². The van der Waals surface area contributed by atoms with Crippen LogP contribution in [0.4, 0.5) is 5.13 Å². The Kier molecular flexibility index (Phi) is 5.98. The van der Waals surface area contributed by atoms with Gasteiger partial charge < -0.3 is 5.32 Å². The first-order chi connectivity index (χ1) is 14.7. The van der Waals surface area contributed by atoms with E-state index in [4.69, 9.17) is 0 Å². The lowest BCUT2D eigenvalue weighted by atomic mass is 9.78. The van der Waals surface area contributed by atoms with Gasteiger partial charge in [0.15, 0.2) is 16.1 Å². The maximum atomic E-state index is 12.5. The van der Waals surface area contributed by atoms with Crippen molar-refractivity contribution in [2.45, 2.75) is 51.6 Å². The van der Waals surface area contributed by atoms with Crippen LogP contribution in [0.25, 0.3) is 5.69 Å². The van der Waals surface area contributed by atoms with Crippen LogP contribution in [-0.2, 0) is 11.2 Å². The molecular formula is C22H25N5O2S2. The van der Waals surface area contributed by atoms with E-state index in [1.807, 2.05) is 16.7 Å². The summed E-state index contributed by atoms with van der Waals surface area (Å²) in [6.07, 6.45) is 2.90. The standard InChI is InChI=1S/C22H25N5O2S2/c1-13(2)14-5-7-15(8-6-14)27-12-23-26-21(27)30-11-18(29)25-20-24-16-9-22(3,4)10-17(28)19(16)31-20/h5-8,12-13H,9-11H2,1-4H3,(H,24,25,29). The molecule has 9 heteroatoms. The number of anilines is 1. The van der Waals surface area contributed by atoms with Crippen LogP contribution >= 0.6 is 23.1 Å². The molecular weight excluding hydrogens is 430 g/mol. The summed E-state index contributed by atoms with van der Waals surface area (Å²) in [7, 11) is 0. The van der Waals surface area contributed by atoms with Crippen molar-refractivity contribution >= 4 is 39.9 Å². The minimum absolute atomic E-state index is 0.0905. The molecule has 2 aromatic heterocycles. The first-order valence-corrected chi connectivity index (χ1v) is 12.0. The minimum Gasteiger partial charge on any atom is -0.301 e. The molecule has 162 valence electrons. The number of hydrogen-bond donors (Lipinski definition) is 1. The predicted octanol–water partition coefficient (Wildman–Crippen LogP) is 4.73. The number of rotatable bonds is 6. The highest BCUT2D eigenvalue weighted by Gasteiger charge is 2.34. The van der Waals surface area contributed by atoms with Crippen molar-refractivity contribution in [3.05, 3.63) is 46.7 Å². The Morgan fingerprint density at radius 1 is 1.26 bits per heavy atom. The fraction of sp³-hybridized carbons (Fsp3) is 0.409. The first kappa shape index (κ1) is 21.7. The van der Waals surface area contributed by atoms with Gasteiger partial charge in [-0.2, -0.15) is 0 Å². The van der Waals surface area contributed by atoms with Crippen molar-refractivity contribution in [3.63, 3.8) is 0 Å². The zero-order chi connectivity index (χ0) is 22.2. The zero-order valence-corrected chi connectivity index (χ0v) is 19.6. The predicted molar refractivity (Wildman–Crippen MR) is 123 cm³/mol. The molecule has 7 nitrogen and oxygen atoms in total. The van der Waals surface area contributed by atoms with E-state index in [1.54, 1.807) is 6.33 Å². The van der Waals surface area contributed by atoms with Crippen LogP contribution in [-0.4, -0.2) is 37.2 Å². The van der Waals surface area contributed by atoms with E-state index < -0.39 is 0 Å². The van der Waals surface area contributed by atoms with Crippen LogP contribution < -0.4 is 5.32 Å². The maximum Gasteiger partial charge on any atom is 0.236 e. The van der Waals surface area contributed by atoms with Crippen molar-refractivity contribution in [1.82, 2.24) is 19.7 Å². The van der Waals surface area contributed by atoms with E-state index in [1.165, 1.54) is 28.7 Å². The summed E-state index contributed by atoms with van der Waals surface area (Å²) in [5.74, 6) is 0.556. The second-order valence-electron chi connectivity index (χ2n) is 8.80. The van der Waals surface area contributed by atoms with Gasteiger partial charge in [-0.15, -0.1) is 10.2 Å². The molecule has 1 amide bonds. The number of ketones is 1. The number of benzene rings is 1. The van der Waals surface area contributed by atoms with E-state index in [0.717, 1.165) is 17.8 Å². The van der Waals surface area contributed by atoms with Crippen LogP contribution in [0, 0.1) is 5.41 Å². The lowest BCUT2D eigenvalue weighted by molar-refractivity contribution is -0.113. The molecule has 3 aromatic rings. The smallest absolute Gasteiger partial charge is 0.236 e. The van der Waals surface area contributed by atoms with Crippen molar-refractivity contribution in [3.8, 4) is 5.69 Å². The minimum atomic E-state index is -0.187. The highest BCUT2D eigenvalue weighted by molar-refractivity contribution is 7.99. The van der Waals surface area contributed by atoms with Crippen LogP contribution in [0.5, 0.6) is 0 Å². The molecule has 1 aromatic carbocycles. The Balaban J connectivity index is 1.40. The molecule has 1 N–H and O–H groups in total. The highest BCUT2D eigenvalue weighted by atomic mass is 32.2. The van der Waals surface area contributed by atoms with Crippen molar-refractivity contribution in [1.29, 1.82) is 0 Å². The van der Waals surface area contributed by atoms with E-state index >= 15 is 0 Å². The molecule has 0 fully saturated rings. The lowest BCUT2D eigenvalue weighted by Crippen LogP contribution is -2.26. The molecule has 0 aliphatic heterocycles. The number of thiazole rings is 1. The van der Waals surface area contributed by atoms with Crippen LogP contribution in [0.3, 0.4) is 0 Å². The van der Waals surface area contributed by atoms with Crippen LogP contribution in [0.15, 0.2) is 35.7 Å². The zero-order valence-electron chi connectivity index (χ0n) is 18.0. The largest absolute Gasteiger partial charge is 0.301 e. The molecule has 0 saturated heterocycles. The Morgan fingerprint density at radius 3 is 2.71 bits per heavy atom. The third-order valence-corrected chi connectivity index (χ3v) is 7.17. The second-order valence-corrected chi connectivity index (χ2v) is 10.7. The Bertz CT molecular complexity index is 1120. The summed E-state index contributed by atoms with van der Waals surface area (Å²) < 4.78 is 1.87. The quantitative estimate of drug-likeness (QED) is 0.540. The molecule has 0 spiro atoms. The van der Waals surface area contributed by atoms with E-state index in [0.29, 0.717) is 27.5 Å². The highest BCUT2D eigenvalue weighted by Crippen LogP contribution is 2.38. The van der Waals surface area contributed by atoms with E-state index in [2.05, 4.69) is 60.3 Å². The summed E-state index contributed by atoms with van der Waals surface area (Å²) in [6, 6.07) is 8.24. The number of hydrogen-bond acceptors (Lipinski definition) is 7. The molecule has 0 atom stereocenters. The lowest BCUT2D eigenvalue weighted by Gasteiger charge is -2.26. The molecule has 4 rings (SSSR count). The number of aromatic nitrogens is 4. The number of nitrogens with zero attached hydrogens (tertiary/aromatic N) is 4. The molecule has 0 unspecified atom stereocenters. The van der Waals surface area contributed by atoms with Gasteiger partial charge in [0.05, 0.1) is 16.3 Å². The monoisotopic (exact) mass is 455 g/mol. The molecule has 0 saturated carbocycles. The molecule has 0 bridgehead atoms. The van der Waals surface area contributed by atoms with Crippen LogP contribution in [0.2, 0.25) is 0 Å². The van der Waals surface area contributed by atoms with Gasteiger partial charge in [0.2, 0.25) is 5.91 Å². The summed E-state index contributed by atoms with van der Waals surface area (Å²) in [6.45, 7) is 8.44. The van der Waals surface area contributed by atoms with Crippen molar-refractivity contribution < 1.29 is 9.59 Å². The molecule has 1 aliphatic carbocycles. The van der Waals surface area contributed by atoms with E-state index in [-0.39, 0.29) is 22.9 Å². The molecule has 31 heavy (non-hydrogen) atoms. The second kappa shape index (κ2) is 8.55. The van der Waals surface area contributed by atoms with Crippen molar-refractivity contribution in [2.24, 2.45) is 5.41 Å². The summed E-state index contributed by atoms with van der Waals surface area (Å²) in [4.78, 5) is 30.0. The number of nitrogens with one attached hydrogen (secondary N) is 1. The topological polar surface area (TPSA) is 89.8 Å². The number of carbonyl (C=O) groups excluding carboxylic acids is 2. The maximum absolute atomic E-state index is 12.5. The Hall–Kier alpha value is -2.52. The Morgan fingerprint density at radius 2 is 2.00 bits per heavy atom. The number of fused-ring (bicyclic) bond motifs is 1. The van der Waals surface area contributed by atoms with Gasteiger partial charge in [0.25, 0.3) is 0 Å².